The maximum absolute atomic E-state index is 10.6. The molecule has 194 valence electrons. The van der Waals surface area contributed by atoms with Gasteiger partial charge < -0.3 is 23.4 Å². The summed E-state index contributed by atoms with van der Waals surface area (Å²) < 4.78 is 26.9. The van der Waals surface area contributed by atoms with Crippen LogP contribution < -0.4 is 0 Å². The fraction of sp³-hybridized carbons (Fsp3) is 0.778. The van der Waals surface area contributed by atoms with Crippen molar-refractivity contribution in [3.63, 3.8) is 0 Å². The van der Waals surface area contributed by atoms with Crippen molar-refractivity contribution in [1.29, 1.82) is 0 Å². The number of benzene rings is 1. The summed E-state index contributed by atoms with van der Waals surface area (Å²) in [6, 6.07) is 10.1. The predicted octanol–water partition coefficient (Wildman–Crippen LogP) is 6.65. The van der Waals surface area contributed by atoms with Crippen LogP contribution in [0.3, 0.4) is 0 Å². The van der Waals surface area contributed by atoms with Crippen LogP contribution in [0.2, 0.25) is 36.3 Å². The monoisotopic (exact) mass is 508 g/mol. The lowest BCUT2D eigenvalue weighted by Gasteiger charge is -2.51. The average molecular weight is 509 g/mol. The minimum Gasteiger partial charge on any atom is -0.413 e. The van der Waals surface area contributed by atoms with Gasteiger partial charge in [-0.2, -0.15) is 0 Å². The molecule has 3 rings (SSSR count). The first-order chi connectivity index (χ1) is 15.5. The first-order valence-electron chi connectivity index (χ1n) is 12.8. The van der Waals surface area contributed by atoms with E-state index in [1.807, 2.05) is 18.2 Å². The lowest BCUT2D eigenvalue weighted by atomic mass is 9.75. The highest BCUT2D eigenvalue weighted by molar-refractivity contribution is 6.74. The van der Waals surface area contributed by atoms with E-state index in [9.17, 15) is 5.11 Å². The SMILES string of the molecule is CC(C)(C)[Si](C)(C)O[C@@H]1CC2(COC(c3ccccc3)O2)C[C@@H](O[Si](C)(C)C(C)(C)C)C1CO. The molecule has 1 saturated heterocycles. The van der Waals surface area contributed by atoms with Gasteiger partial charge in [-0.15, -0.1) is 0 Å². The van der Waals surface area contributed by atoms with Crippen LogP contribution in [0.15, 0.2) is 30.3 Å². The minimum absolute atomic E-state index is 0.0532. The summed E-state index contributed by atoms with van der Waals surface area (Å²) >= 11 is 0. The molecule has 1 N–H and O–H groups in total. The van der Waals surface area contributed by atoms with Crippen LogP contribution in [0, 0.1) is 5.92 Å². The van der Waals surface area contributed by atoms with Gasteiger partial charge in [0.2, 0.25) is 0 Å². The molecule has 0 radical (unpaired) electrons. The molecule has 0 aromatic heterocycles. The van der Waals surface area contributed by atoms with E-state index in [1.54, 1.807) is 0 Å². The number of hydrogen-bond donors (Lipinski definition) is 1. The maximum atomic E-state index is 10.6. The predicted molar refractivity (Wildman–Crippen MR) is 143 cm³/mol. The van der Waals surface area contributed by atoms with Gasteiger partial charge in [0, 0.05) is 24.3 Å². The number of hydrogen-bond acceptors (Lipinski definition) is 5. The van der Waals surface area contributed by atoms with Crippen LogP contribution in [-0.4, -0.2) is 52.8 Å². The Bertz CT molecular complexity index is 775. The number of aliphatic hydroxyl groups excluding tert-OH is 1. The second kappa shape index (κ2) is 9.73. The molecule has 1 aromatic carbocycles. The molecule has 1 aromatic rings. The molecule has 7 heteroatoms. The molecule has 1 unspecified atom stereocenters. The summed E-state index contributed by atoms with van der Waals surface area (Å²) in [4.78, 5) is 0. The second-order valence-electron chi connectivity index (χ2n) is 13.4. The van der Waals surface area contributed by atoms with E-state index in [2.05, 4.69) is 79.9 Å². The van der Waals surface area contributed by atoms with E-state index >= 15 is 0 Å². The van der Waals surface area contributed by atoms with E-state index in [4.69, 9.17) is 18.3 Å². The highest BCUT2D eigenvalue weighted by atomic mass is 28.4. The summed E-state index contributed by atoms with van der Waals surface area (Å²) in [7, 11) is -4.15. The topological polar surface area (TPSA) is 57.2 Å². The van der Waals surface area contributed by atoms with E-state index in [-0.39, 0.29) is 41.1 Å². The largest absolute Gasteiger partial charge is 0.413 e. The molecule has 1 aliphatic heterocycles. The molecule has 2 fully saturated rings. The van der Waals surface area contributed by atoms with Crippen LogP contribution in [0.4, 0.5) is 0 Å². The third-order valence-corrected chi connectivity index (χ3v) is 17.8. The van der Waals surface area contributed by atoms with Gasteiger partial charge in [-0.1, -0.05) is 71.9 Å². The molecular formula is C27H48O5Si2. The Kier molecular flexibility index (Phi) is 8.02. The molecule has 3 atom stereocenters. The van der Waals surface area contributed by atoms with Gasteiger partial charge in [0.05, 0.1) is 31.0 Å². The molecule has 1 aliphatic carbocycles. The van der Waals surface area contributed by atoms with E-state index in [0.29, 0.717) is 19.4 Å². The van der Waals surface area contributed by atoms with Crippen molar-refractivity contribution in [1.82, 2.24) is 0 Å². The van der Waals surface area contributed by atoms with Crippen molar-refractivity contribution in [2.24, 2.45) is 5.92 Å². The van der Waals surface area contributed by atoms with E-state index in [0.717, 1.165) is 5.56 Å². The number of aliphatic hydroxyl groups is 1. The molecule has 5 nitrogen and oxygen atoms in total. The zero-order chi connectivity index (χ0) is 25.6. The van der Waals surface area contributed by atoms with Crippen LogP contribution in [0.5, 0.6) is 0 Å². The van der Waals surface area contributed by atoms with Crippen molar-refractivity contribution in [3.8, 4) is 0 Å². The summed E-state index contributed by atoms with van der Waals surface area (Å²) in [6.07, 6.45) is 0.783. The fourth-order valence-corrected chi connectivity index (χ4v) is 7.21. The van der Waals surface area contributed by atoms with E-state index < -0.39 is 22.2 Å². The Balaban J connectivity index is 1.93. The first kappa shape index (κ1) is 28.0. The van der Waals surface area contributed by atoms with Crippen molar-refractivity contribution in [3.05, 3.63) is 35.9 Å². The van der Waals surface area contributed by atoms with Crippen molar-refractivity contribution in [2.75, 3.05) is 13.2 Å². The molecule has 0 amide bonds. The zero-order valence-electron chi connectivity index (χ0n) is 23.1. The maximum Gasteiger partial charge on any atom is 0.192 e. The van der Waals surface area contributed by atoms with Gasteiger partial charge in [0.1, 0.15) is 0 Å². The normalized spacial score (nSPS) is 31.3. The molecule has 1 heterocycles. The lowest BCUT2D eigenvalue weighted by Crippen LogP contribution is -2.59. The summed E-state index contributed by atoms with van der Waals surface area (Å²) in [5.74, 6) is -0.0757. The van der Waals surface area contributed by atoms with Gasteiger partial charge in [0.25, 0.3) is 0 Å². The molecule has 0 bridgehead atoms. The fourth-order valence-electron chi connectivity index (χ4n) is 4.47. The molecule has 1 spiro atoms. The van der Waals surface area contributed by atoms with Gasteiger partial charge in [-0.3, -0.25) is 0 Å². The zero-order valence-corrected chi connectivity index (χ0v) is 25.1. The quantitative estimate of drug-likeness (QED) is 0.436. The smallest absolute Gasteiger partial charge is 0.192 e. The van der Waals surface area contributed by atoms with E-state index in [1.165, 1.54) is 0 Å². The third-order valence-electron chi connectivity index (χ3n) is 8.74. The first-order valence-corrected chi connectivity index (χ1v) is 18.6. The Morgan fingerprint density at radius 2 is 1.35 bits per heavy atom. The van der Waals surface area contributed by atoms with Gasteiger partial charge in [-0.25, -0.2) is 0 Å². The minimum atomic E-state index is -2.08. The van der Waals surface area contributed by atoms with Crippen LogP contribution >= 0.6 is 0 Å². The number of ether oxygens (including phenoxy) is 2. The lowest BCUT2D eigenvalue weighted by molar-refractivity contribution is -0.154. The standard InChI is InChI=1S/C27H48O5Si2/c1-25(2,3)33(7,8)31-22-16-27(19-29-24(30-27)20-14-12-11-13-15-20)17-23(21(22)18-28)32-34(9,10)26(4,5)6/h11-15,21-24,28H,16-19H2,1-10H3/t21?,22-,23-,24?,27?/m1/s1. The third kappa shape index (κ3) is 5.88. The Labute approximate surface area is 209 Å². The van der Waals surface area contributed by atoms with Crippen molar-refractivity contribution >= 4 is 16.6 Å². The summed E-state index contributed by atoms with van der Waals surface area (Å²) in [6.45, 7) is 23.3. The van der Waals surface area contributed by atoms with Gasteiger partial charge >= 0.3 is 0 Å². The second-order valence-corrected chi connectivity index (χ2v) is 23.0. The van der Waals surface area contributed by atoms with Crippen LogP contribution in [0.25, 0.3) is 0 Å². The summed E-state index contributed by atoms with van der Waals surface area (Å²) in [5.41, 5.74) is 0.555. The van der Waals surface area contributed by atoms with Crippen LogP contribution in [0.1, 0.15) is 66.2 Å². The molecular weight excluding hydrogens is 460 g/mol. The van der Waals surface area contributed by atoms with Crippen molar-refractivity contribution < 1.29 is 23.4 Å². The number of rotatable bonds is 6. The highest BCUT2D eigenvalue weighted by Crippen LogP contribution is 2.49. The molecule has 34 heavy (non-hydrogen) atoms. The molecule has 1 saturated carbocycles. The van der Waals surface area contributed by atoms with Gasteiger partial charge in [0.15, 0.2) is 22.9 Å². The van der Waals surface area contributed by atoms with Crippen molar-refractivity contribution in [2.45, 2.75) is 115 Å². The Hall–Kier alpha value is -0.546. The Morgan fingerprint density at radius 3 is 1.76 bits per heavy atom. The van der Waals surface area contributed by atoms with Crippen LogP contribution in [-0.2, 0) is 18.3 Å². The van der Waals surface area contributed by atoms with Gasteiger partial charge in [-0.05, 0) is 36.3 Å². The Morgan fingerprint density at radius 1 is 0.882 bits per heavy atom. The molecule has 2 aliphatic rings. The average Bonchev–Trinajstić information content (AvgIpc) is 3.09. The summed E-state index contributed by atoms with van der Waals surface area (Å²) in [5, 5.41) is 10.7. The highest BCUT2D eigenvalue weighted by Gasteiger charge is 2.55.